The molecule has 0 bridgehead atoms. The van der Waals surface area contributed by atoms with Crippen molar-refractivity contribution in [3.8, 4) is 11.5 Å². The summed E-state index contributed by atoms with van der Waals surface area (Å²) in [6.07, 6.45) is 2.22. The summed E-state index contributed by atoms with van der Waals surface area (Å²) in [6, 6.07) is 39.6. The van der Waals surface area contributed by atoms with Gasteiger partial charge in [0.2, 0.25) is 0 Å². The van der Waals surface area contributed by atoms with Gasteiger partial charge in [0, 0.05) is 34.4 Å². The van der Waals surface area contributed by atoms with Crippen molar-refractivity contribution in [1.29, 1.82) is 0 Å². The summed E-state index contributed by atoms with van der Waals surface area (Å²) in [5, 5.41) is 20.6. The standard InChI is InChI=1S/C48H48BrN5O6Si/c1-31-46(61(3,4)37-21-19-36(58-2)20-22-37)44(24-25-52-28-40(50-51-52)38(29-55)33-10-6-5-7-11-33)60-48(31)39-26-34(49)16-23-41(39)53(47(48)57)27-32-14-17-35(18-15-32)54-42-12-8-9-13-43(42)59-30-45(54)56/h5-23,26,28,31,38,44,46,55H,24-25,27,29-30H2,1-4H3/t31-,38?,44+,46-,48+/m1/s1. The van der Waals surface area contributed by atoms with E-state index in [1.54, 1.807) is 12.0 Å². The topological polar surface area (TPSA) is 119 Å². The van der Waals surface area contributed by atoms with Gasteiger partial charge in [0.1, 0.15) is 11.5 Å². The van der Waals surface area contributed by atoms with Crippen LogP contribution in [0.2, 0.25) is 18.6 Å². The SMILES string of the molecule is COc1ccc([Si](C)(C)[C@H]2[C@H](CCn3cc(C(CO)c4ccccc4)nn3)O[C@@]3(C(=O)N(Cc4ccc(N5C(=O)COc6ccccc65)cc4)c4ccc(Br)cc43)[C@@H]2C)cc1. The van der Waals surface area contributed by atoms with Gasteiger partial charge in [-0.3, -0.25) is 19.2 Å². The first kappa shape index (κ1) is 40.8. The van der Waals surface area contributed by atoms with Crippen molar-refractivity contribution in [3.05, 3.63) is 154 Å². The largest absolute Gasteiger partial charge is 0.497 e. The number of methoxy groups -OCH3 is 1. The van der Waals surface area contributed by atoms with Crippen molar-refractivity contribution in [2.75, 3.05) is 30.1 Å². The van der Waals surface area contributed by atoms with Gasteiger partial charge >= 0.3 is 0 Å². The highest BCUT2D eigenvalue weighted by Crippen LogP contribution is 2.60. The molecule has 61 heavy (non-hydrogen) atoms. The molecule has 5 aromatic carbocycles. The van der Waals surface area contributed by atoms with Gasteiger partial charge in [-0.05, 0) is 77.7 Å². The fourth-order valence-corrected chi connectivity index (χ4v) is 14.3. The van der Waals surface area contributed by atoms with E-state index < -0.39 is 13.7 Å². The molecule has 1 fully saturated rings. The lowest BCUT2D eigenvalue weighted by Crippen LogP contribution is -2.51. The van der Waals surface area contributed by atoms with Gasteiger partial charge < -0.3 is 24.2 Å². The van der Waals surface area contributed by atoms with Crippen LogP contribution >= 0.6 is 15.9 Å². The lowest BCUT2D eigenvalue weighted by molar-refractivity contribution is -0.146. The van der Waals surface area contributed by atoms with Gasteiger partial charge in [0.15, 0.2) is 12.2 Å². The van der Waals surface area contributed by atoms with Crippen LogP contribution < -0.4 is 24.5 Å². The third-order valence-corrected chi connectivity index (χ3v) is 17.8. The molecule has 312 valence electrons. The van der Waals surface area contributed by atoms with Crippen LogP contribution in [0.4, 0.5) is 17.1 Å². The maximum absolute atomic E-state index is 15.4. The number of para-hydroxylation sites is 2. The third-order valence-electron chi connectivity index (χ3n) is 13.0. The number of carbonyl (C=O) groups is 2. The van der Waals surface area contributed by atoms with E-state index in [1.165, 1.54) is 5.19 Å². The highest BCUT2D eigenvalue weighted by atomic mass is 79.9. The van der Waals surface area contributed by atoms with Crippen molar-refractivity contribution >= 4 is 58.1 Å². The molecule has 1 aromatic heterocycles. The highest BCUT2D eigenvalue weighted by molar-refractivity contribution is 9.10. The number of halogens is 1. The first-order chi connectivity index (χ1) is 29.5. The summed E-state index contributed by atoms with van der Waals surface area (Å²) in [4.78, 5) is 32.1. The van der Waals surface area contributed by atoms with Gasteiger partial charge in [-0.2, -0.15) is 0 Å². The Morgan fingerprint density at radius 3 is 2.41 bits per heavy atom. The van der Waals surface area contributed by atoms with Crippen molar-refractivity contribution in [1.82, 2.24) is 15.0 Å². The molecular formula is C48H48BrN5O6Si. The van der Waals surface area contributed by atoms with Gasteiger partial charge in [-0.25, -0.2) is 0 Å². The molecule has 1 N–H and O–H groups in total. The minimum absolute atomic E-state index is 0.0300. The maximum Gasteiger partial charge on any atom is 0.269 e. The Kier molecular flexibility index (Phi) is 10.9. The van der Waals surface area contributed by atoms with Gasteiger partial charge in [0.05, 0.1) is 57.4 Å². The third kappa shape index (κ3) is 7.16. The predicted octanol–water partition coefficient (Wildman–Crippen LogP) is 8.08. The van der Waals surface area contributed by atoms with Gasteiger partial charge in [-0.15, -0.1) is 5.10 Å². The normalized spacial score (nSPS) is 21.4. The molecule has 0 aliphatic carbocycles. The smallest absolute Gasteiger partial charge is 0.269 e. The molecule has 4 heterocycles. The number of aryl methyl sites for hydroxylation is 1. The molecule has 13 heteroatoms. The van der Waals surface area contributed by atoms with Gasteiger partial charge in [-0.1, -0.05) is 113 Å². The number of rotatable bonds is 12. The number of carbonyl (C=O) groups excluding carboxylic acids is 2. The molecule has 6 aromatic rings. The second-order valence-corrected chi connectivity index (χ2v) is 22.3. The molecule has 1 saturated heterocycles. The number of fused-ring (bicyclic) bond motifs is 3. The number of amides is 2. The molecule has 3 aliphatic rings. The van der Waals surface area contributed by atoms with E-state index >= 15 is 4.79 Å². The number of aromatic nitrogens is 3. The fraction of sp³-hybridized carbons (Fsp3) is 0.292. The summed E-state index contributed by atoms with van der Waals surface area (Å²) in [7, 11) is -0.725. The molecule has 3 aliphatic heterocycles. The minimum atomic E-state index is -2.40. The Balaban J connectivity index is 1.04. The van der Waals surface area contributed by atoms with Crippen LogP contribution in [0, 0.1) is 5.92 Å². The zero-order valence-corrected chi connectivity index (χ0v) is 37.2. The fourth-order valence-electron chi connectivity index (χ4n) is 9.93. The molecule has 1 unspecified atom stereocenters. The average Bonchev–Trinajstić information content (AvgIpc) is 3.94. The first-order valence-corrected chi connectivity index (χ1v) is 24.5. The molecule has 5 atom stereocenters. The quantitative estimate of drug-likeness (QED) is 0.123. The second kappa shape index (κ2) is 16.3. The summed E-state index contributed by atoms with van der Waals surface area (Å²) in [5.41, 5.74) is 4.49. The zero-order valence-electron chi connectivity index (χ0n) is 34.6. The van der Waals surface area contributed by atoms with Crippen LogP contribution in [0.3, 0.4) is 0 Å². The highest BCUT2D eigenvalue weighted by Gasteiger charge is 2.66. The molecule has 2 amide bonds. The van der Waals surface area contributed by atoms with Crippen molar-refractivity contribution in [2.24, 2.45) is 5.92 Å². The van der Waals surface area contributed by atoms with Crippen LogP contribution in [0.25, 0.3) is 0 Å². The van der Waals surface area contributed by atoms with E-state index in [4.69, 9.17) is 14.2 Å². The van der Waals surface area contributed by atoms with E-state index in [9.17, 15) is 9.90 Å². The van der Waals surface area contributed by atoms with Crippen LogP contribution in [-0.4, -0.2) is 66.4 Å². The van der Waals surface area contributed by atoms with Crippen LogP contribution in [0.15, 0.2) is 132 Å². The number of aliphatic hydroxyl groups excluding tert-OH is 1. The first-order valence-electron chi connectivity index (χ1n) is 20.7. The van der Waals surface area contributed by atoms with E-state index in [0.29, 0.717) is 36.6 Å². The number of benzene rings is 5. The number of nitrogens with zero attached hydrogens (tertiary/aromatic N) is 5. The number of anilines is 3. The molecule has 9 rings (SSSR count). The summed E-state index contributed by atoms with van der Waals surface area (Å²) in [5.74, 6) is 0.744. The minimum Gasteiger partial charge on any atom is -0.497 e. The van der Waals surface area contributed by atoms with Crippen LogP contribution in [-0.2, 0) is 33.0 Å². The van der Waals surface area contributed by atoms with Crippen LogP contribution in [0.5, 0.6) is 11.5 Å². The van der Waals surface area contributed by atoms with E-state index in [0.717, 1.165) is 38.3 Å². The molecule has 11 nitrogen and oxygen atoms in total. The molecule has 0 radical (unpaired) electrons. The van der Waals surface area contributed by atoms with Gasteiger partial charge in [0.25, 0.3) is 11.8 Å². The lowest BCUT2D eigenvalue weighted by Gasteiger charge is -2.37. The maximum atomic E-state index is 15.4. The molecule has 1 spiro atoms. The summed E-state index contributed by atoms with van der Waals surface area (Å²) >= 11 is 3.74. The predicted molar refractivity (Wildman–Crippen MR) is 240 cm³/mol. The Labute approximate surface area is 365 Å². The monoisotopic (exact) mass is 897 g/mol. The zero-order chi connectivity index (χ0) is 42.5. The Morgan fingerprint density at radius 2 is 1.67 bits per heavy atom. The summed E-state index contributed by atoms with van der Waals surface area (Å²) in [6.45, 7) is 7.67. The Bertz CT molecular complexity index is 2570. The molecule has 0 saturated carbocycles. The van der Waals surface area contributed by atoms with E-state index in [1.807, 2.05) is 119 Å². The number of hydrogen-bond acceptors (Lipinski definition) is 8. The van der Waals surface area contributed by atoms with Crippen LogP contribution in [0.1, 0.15) is 41.6 Å². The molecular weight excluding hydrogens is 851 g/mol. The second-order valence-electron chi connectivity index (χ2n) is 16.7. The Morgan fingerprint density at radius 1 is 0.934 bits per heavy atom. The average molecular weight is 899 g/mol. The van der Waals surface area contributed by atoms with Crippen molar-refractivity contribution in [2.45, 2.75) is 62.7 Å². The van der Waals surface area contributed by atoms with Crippen molar-refractivity contribution in [3.63, 3.8) is 0 Å². The van der Waals surface area contributed by atoms with E-state index in [2.05, 4.69) is 64.5 Å². The number of aliphatic hydroxyl groups is 1. The number of hydrogen-bond donors (Lipinski definition) is 1. The van der Waals surface area contributed by atoms with E-state index in [-0.39, 0.29) is 48.5 Å². The summed E-state index contributed by atoms with van der Waals surface area (Å²) < 4.78 is 21.3. The Hall–Kier alpha value is -5.60. The number of ether oxygens (including phenoxy) is 3. The lowest BCUT2D eigenvalue weighted by atomic mass is 9.82. The van der Waals surface area contributed by atoms with Crippen molar-refractivity contribution < 1.29 is 28.9 Å².